The van der Waals surface area contributed by atoms with Crippen LogP contribution in [-0.4, -0.2) is 4.98 Å². The predicted molar refractivity (Wildman–Crippen MR) is 76.5 cm³/mol. The van der Waals surface area contributed by atoms with Gasteiger partial charge >= 0.3 is 0 Å². The van der Waals surface area contributed by atoms with Crippen molar-refractivity contribution in [1.82, 2.24) is 4.98 Å². The summed E-state index contributed by atoms with van der Waals surface area (Å²) in [7, 11) is 0. The van der Waals surface area contributed by atoms with Crippen LogP contribution in [0.2, 0.25) is 0 Å². The smallest absolute Gasteiger partial charge is 0.170 e. The van der Waals surface area contributed by atoms with Crippen LogP contribution in [0.1, 0.15) is 36.9 Å². The van der Waals surface area contributed by atoms with Gasteiger partial charge < -0.3 is 10.2 Å². The number of hydrogen-bond donors (Lipinski definition) is 1. The van der Waals surface area contributed by atoms with Crippen LogP contribution >= 0.6 is 27.3 Å². The molecule has 0 spiro atoms. The van der Waals surface area contributed by atoms with Gasteiger partial charge in [0.25, 0.3) is 0 Å². The minimum absolute atomic E-state index is 0.105. The highest BCUT2D eigenvalue weighted by Gasteiger charge is 2.33. The van der Waals surface area contributed by atoms with Crippen LogP contribution in [0.5, 0.6) is 0 Å². The summed E-state index contributed by atoms with van der Waals surface area (Å²) < 4.78 is 6.29. The van der Waals surface area contributed by atoms with Crippen LogP contribution in [0.15, 0.2) is 21.2 Å². The van der Waals surface area contributed by atoms with Crippen molar-refractivity contribution in [3.8, 4) is 10.8 Å². The van der Waals surface area contributed by atoms with Crippen molar-refractivity contribution in [2.75, 3.05) is 0 Å². The van der Waals surface area contributed by atoms with Gasteiger partial charge in [0, 0.05) is 10.9 Å². The van der Waals surface area contributed by atoms with Gasteiger partial charge in [-0.25, -0.2) is 4.98 Å². The molecule has 1 atom stereocenters. The molecule has 96 valence electrons. The Morgan fingerprint density at radius 3 is 2.94 bits per heavy atom. The van der Waals surface area contributed by atoms with E-state index in [1.54, 1.807) is 11.3 Å². The molecule has 0 fully saturated rings. The molecule has 0 aliphatic heterocycles. The van der Waals surface area contributed by atoms with Gasteiger partial charge in [0.15, 0.2) is 15.4 Å². The first-order valence-corrected chi connectivity index (χ1v) is 7.56. The highest BCUT2D eigenvalue weighted by atomic mass is 79.9. The first kappa shape index (κ1) is 12.4. The fourth-order valence-corrected chi connectivity index (χ4v) is 3.88. The first-order valence-electron chi connectivity index (χ1n) is 5.95. The Hall–Kier alpha value is -0.650. The van der Waals surface area contributed by atoms with E-state index in [0.717, 1.165) is 34.0 Å². The third kappa shape index (κ3) is 2.15. The van der Waals surface area contributed by atoms with E-state index in [-0.39, 0.29) is 11.5 Å². The average molecular weight is 327 g/mol. The van der Waals surface area contributed by atoms with Crippen molar-refractivity contribution in [2.45, 2.75) is 32.7 Å². The number of fused-ring (bicyclic) bond motifs is 1. The summed E-state index contributed by atoms with van der Waals surface area (Å²) in [6, 6.07) is 3.93. The Labute approximate surface area is 119 Å². The van der Waals surface area contributed by atoms with Crippen molar-refractivity contribution < 1.29 is 4.42 Å². The molecule has 18 heavy (non-hydrogen) atoms. The molecule has 3 rings (SSSR count). The first-order chi connectivity index (χ1) is 8.44. The highest BCUT2D eigenvalue weighted by molar-refractivity contribution is 9.10. The standard InChI is InChI=1S/C13H15BrN2OS/c1-13(2)5-7(15)11-8(6-13)16-12(18-11)9-3-4-10(14)17-9/h3-4,7H,5-6,15H2,1-2H3. The zero-order valence-electron chi connectivity index (χ0n) is 10.4. The Kier molecular flexibility index (Phi) is 2.88. The predicted octanol–water partition coefficient (Wildman–Crippen LogP) is 4.14. The molecule has 2 aromatic rings. The molecular formula is C13H15BrN2OS. The number of aromatic nitrogens is 1. The summed E-state index contributed by atoms with van der Waals surface area (Å²) in [5.74, 6) is 0.811. The van der Waals surface area contributed by atoms with E-state index in [1.165, 1.54) is 4.88 Å². The van der Waals surface area contributed by atoms with Crippen molar-refractivity contribution in [1.29, 1.82) is 0 Å². The Balaban J connectivity index is 2.02. The highest BCUT2D eigenvalue weighted by Crippen LogP contribution is 2.44. The summed E-state index contributed by atoms with van der Waals surface area (Å²) in [5, 5.41) is 0.929. The van der Waals surface area contributed by atoms with E-state index in [0.29, 0.717) is 0 Å². The average Bonchev–Trinajstić information content (AvgIpc) is 2.82. The summed E-state index contributed by atoms with van der Waals surface area (Å²) in [6.07, 6.45) is 2.01. The maximum absolute atomic E-state index is 6.25. The molecule has 0 amide bonds. The maximum atomic E-state index is 6.25. The largest absolute Gasteiger partial charge is 0.447 e. The Morgan fingerprint density at radius 1 is 1.50 bits per heavy atom. The molecule has 2 aromatic heterocycles. The summed E-state index contributed by atoms with van der Waals surface area (Å²) >= 11 is 4.98. The third-order valence-electron chi connectivity index (χ3n) is 3.27. The summed E-state index contributed by atoms with van der Waals surface area (Å²) in [5.41, 5.74) is 7.63. The summed E-state index contributed by atoms with van der Waals surface area (Å²) in [6.45, 7) is 4.50. The molecule has 1 aliphatic rings. The number of furan rings is 1. The lowest BCUT2D eigenvalue weighted by Gasteiger charge is -2.32. The van der Waals surface area contributed by atoms with E-state index >= 15 is 0 Å². The topological polar surface area (TPSA) is 52.0 Å². The number of nitrogens with two attached hydrogens (primary N) is 1. The fraction of sp³-hybridized carbons (Fsp3) is 0.462. The second-order valence-electron chi connectivity index (χ2n) is 5.59. The van der Waals surface area contributed by atoms with Crippen molar-refractivity contribution in [2.24, 2.45) is 11.1 Å². The van der Waals surface area contributed by atoms with E-state index in [2.05, 4.69) is 29.8 Å². The molecule has 0 saturated carbocycles. The molecule has 2 N–H and O–H groups in total. The number of nitrogens with zero attached hydrogens (tertiary/aromatic N) is 1. The Morgan fingerprint density at radius 2 is 2.28 bits per heavy atom. The number of halogens is 1. The third-order valence-corrected chi connectivity index (χ3v) is 4.94. The zero-order valence-corrected chi connectivity index (χ0v) is 12.8. The maximum Gasteiger partial charge on any atom is 0.170 e. The SMILES string of the molecule is CC1(C)Cc2nc(-c3ccc(Br)o3)sc2C(N)C1. The Bertz CT molecular complexity index is 588. The van der Waals surface area contributed by atoms with Crippen molar-refractivity contribution in [3.63, 3.8) is 0 Å². The molecule has 3 nitrogen and oxygen atoms in total. The minimum atomic E-state index is 0.105. The molecule has 5 heteroatoms. The van der Waals surface area contributed by atoms with E-state index in [1.807, 2.05) is 12.1 Å². The second-order valence-corrected chi connectivity index (χ2v) is 7.40. The van der Waals surface area contributed by atoms with E-state index in [4.69, 9.17) is 15.1 Å². The van der Waals surface area contributed by atoms with Gasteiger partial charge in [-0.2, -0.15) is 0 Å². The zero-order chi connectivity index (χ0) is 12.9. The molecule has 0 aromatic carbocycles. The van der Waals surface area contributed by atoms with E-state index in [9.17, 15) is 0 Å². The van der Waals surface area contributed by atoms with Gasteiger partial charge in [-0.1, -0.05) is 13.8 Å². The number of rotatable bonds is 1. The van der Waals surface area contributed by atoms with Crippen LogP contribution in [-0.2, 0) is 6.42 Å². The molecule has 0 radical (unpaired) electrons. The van der Waals surface area contributed by atoms with Gasteiger partial charge in [-0.05, 0) is 46.3 Å². The lowest BCUT2D eigenvalue weighted by atomic mass is 9.77. The number of hydrogen-bond acceptors (Lipinski definition) is 4. The van der Waals surface area contributed by atoms with E-state index < -0.39 is 0 Å². The van der Waals surface area contributed by atoms with Crippen molar-refractivity contribution >= 4 is 27.3 Å². The lowest BCUT2D eigenvalue weighted by molar-refractivity contribution is 0.282. The molecule has 0 saturated heterocycles. The lowest BCUT2D eigenvalue weighted by Crippen LogP contribution is -2.28. The van der Waals surface area contributed by atoms with Crippen LogP contribution < -0.4 is 5.73 Å². The molecular weight excluding hydrogens is 312 g/mol. The monoisotopic (exact) mass is 326 g/mol. The van der Waals surface area contributed by atoms with Crippen molar-refractivity contribution in [3.05, 3.63) is 27.4 Å². The molecule has 2 heterocycles. The second kappa shape index (κ2) is 4.18. The quantitative estimate of drug-likeness (QED) is 0.856. The molecule has 0 bridgehead atoms. The van der Waals surface area contributed by atoms with Crippen LogP contribution in [0.3, 0.4) is 0 Å². The molecule has 1 unspecified atom stereocenters. The fourth-order valence-electron chi connectivity index (χ4n) is 2.53. The van der Waals surface area contributed by atoms with Gasteiger partial charge in [0.2, 0.25) is 0 Å². The van der Waals surface area contributed by atoms with Crippen LogP contribution in [0, 0.1) is 5.41 Å². The van der Waals surface area contributed by atoms with Crippen LogP contribution in [0.25, 0.3) is 10.8 Å². The van der Waals surface area contributed by atoms with Gasteiger partial charge in [0.1, 0.15) is 0 Å². The van der Waals surface area contributed by atoms with Crippen LogP contribution in [0.4, 0.5) is 0 Å². The van der Waals surface area contributed by atoms with Gasteiger partial charge in [-0.15, -0.1) is 11.3 Å². The minimum Gasteiger partial charge on any atom is -0.447 e. The number of thiazole rings is 1. The van der Waals surface area contributed by atoms with Gasteiger partial charge in [-0.3, -0.25) is 0 Å². The molecule has 1 aliphatic carbocycles. The normalized spacial score (nSPS) is 21.9. The summed E-state index contributed by atoms with van der Waals surface area (Å²) in [4.78, 5) is 5.92. The van der Waals surface area contributed by atoms with Gasteiger partial charge in [0.05, 0.1) is 5.69 Å².